The monoisotopic (exact) mass is 458 g/mol. The number of benzene rings is 2. The van der Waals surface area contributed by atoms with E-state index in [1.807, 2.05) is 37.3 Å². The Kier molecular flexibility index (Phi) is 5.87. The van der Waals surface area contributed by atoms with Crippen LogP contribution in [-0.4, -0.2) is 27.1 Å². The highest BCUT2D eigenvalue weighted by Gasteiger charge is 2.15. The first-order valence-electron chi connectivity index (χ1n) is 7.27. The molecule has 0 saturated heterocycles. The molecule has 5 nitrogen and oxygen atoms in total. The fourth-order valence-electron chi connectivity index (χ4n) is 2.31. The fraction of sp³-hybridized carbons (Fsp3) is 0.235. The minimum absolute atomic E-state index is 0.0550. The summed E-state index contributed by atoms with van der Waals surface area (Å²) < 4.78 is 24.8. The maximum absolute atomic E-state index is 12.1. The number of rotatable bonds is 5. The smallest absolute Gasteiger partial charge is 0.243 e. The topological polar surface area (TPSA) is 75.3 Å². The molecule has 0 unspecified atom stereocenters. The Morgan fingerprint density at radius 1 is 1.12 bits per heavy atom. The molecule has 0 atom stereocenters. The summed E-state index contributed by atoms with van der Waals surface area (Å²) in [5.41, 5.74) is 2.81. The Balaban J connectivity index is 2.10. The lowest BCUT2D eigenvalue weighted by atomic mass is 10.1. The van der Waals surface area contributed by atoms with Crippen LogP contribution >= 0.6 is 22.6 Å². The molecule has 0 aliphatic rings. The summed E-state index contributed by atoms with van der Waals surface area (Å²) in [4.78, 5) is 12.3. The lowest BCUT2D eigenvalue weighted by molar-refractivity contribution is -0.114. The van der Waals surface area contributed by atoms with Crippen molar-refractivity contribution in [2.24, 2.45) is 0 Å². The number of carbonyl (C=O) groups excluding carboxylic acids is 1. The predicted octanol–water partition coefficient (Wildman–Crippen LogP) is 3.36. The van der Waals surface area contributed by atoms with Crippen molar-refractivity contribution in [2.75, 3.05) is 23.4 Å². The van der Waals surface area contributed by atoms with E-state index in [2.05, 4.69) is 33.2 Å². The van der Waals surface area contributed by atoms with Crippen LogP contribution in [0.5, 0.6) is 0 Å². The van der Waals surface area contributed by atoms with Crippen molar-refractivity contribution >= 4 is 49.7 Å². The van der Waals surface area contributed by atoms with Gasteiger partial charge >= 0.3 is 0 Å². The zero-order valence-corrected chi connectivity index (χ0v) is 16.7. The Morgan fingerprint density at radius 3 is 2.33 bits per heavy atom. The Morgan fingerprint density at radius 2 is 1.75 bits per heavy atom. The van der Waals surface area contributed by atoms with E-state index < -0.39 is 9.84 Å². The van der Waals surface area contributed by atoms with Crippen molar-refractivity contribution in [3.05, 3.63) is 51.1 Å². The number of sulfone groups is 1. The number of hydrogen-bond donors (Lipinski definition) is 2. The molecule has 2 N–H and O–H groups in total. The zero-order valence-electron chi connectivity index (χ0n) is 13.7. The van der Waals surface area contributed by atoms with Crippen LogP contribution in [0.15, 0.2) is 41.3 Å². The molecule has 0 aliphatic heterocycles. The molecule has 2 aromatic carbocycles. The van der Waals surface area contributed by atoms with Crippen LogP contribution in [0.2, 0.25) is 0 Å². The largest absolute Gasteiger partial charge is 0.376 e. The average Bonchev–Trinajstić information content (AvgIpc) is 2.49. The van der Waals surface area contributed by atoms with Crippen LogP contribution in [0.3, 0.4) is 0 Å². The second-order valence-corrected chi connectivity index (χ2v) is 8.85. The van der Waals surface area contributed by atoms with E-state index in [1.165, 1.54) is 6.26 Å². The lowest BCUT2D eigenvalue weighted by Gasteiger charge is -2.14. The van der Waals surface area contributed by atoms with Gasteiger partial charge in [0.05, 0.1) is 11.4 Å². The fourth-order valence-corrected chi connectivity index (χ4v) is 3.73. The standard InChI is InChI=1S/C17H19IN2O3S/c1-11-8-15(12(2)16(9-11)24(3,22)23)19-10-17(21)20-14-6-4-13(18)5-7-14/h4-9,19H,10H2,1-3H3,(H,20,21). The van der Waals surface area contributed by atoms with Crippen molar-refractivity contribution in [1.82, 2.24) is 0 Å². The van der Waals surface area contributed by atoms with Gasteiger partial charge in [-0.2, -0.15) is 0 Å². The summed E-state index contributed by atoms with van der Waals surface area (Å²) in [6.07, 6.45) is 1.18. The van der Waals surface area contributed by atoms with Gasteiger partial charge in [-0.25, -0.2) is 8.42 Å². The summed E-state index contributed by atoms with van der Waals surface area (Å²) in [6, 6.07) is 11.0. The molecule has 0 radical (unpaired) electrons. The first kappa shape index (κ1) is 18.7. The predicted molar refractivity (Wildman–Crippen MR) is 105 cm³/mol. The van der Waals surface area contributed by atoms with Crippen LogP contribution in [0.1, 0.15) is 11.1 Å². The molecule has 0 bridgehead atoms. The highest BCUT2D eigenvalue weighted by molar-refractivity contribution is 14.1. The molecule has 7 heteroatoms. The number of amides is 1. The van der Waals surface area contributed by atoms with E-state index in [4.69, 9.17) is 0 Å². The number of halogens is 1. The highest BCUT2D eigenvalue weighted by Crippen LogP contribution is 2.25. The van der Waals surface area contributed by atoms with Crippen LogP contribution in [0.4, 0.5) is 11.4 Å². The number of anilines is 2. The lowest BCUT2D eigenvalue weighted by Crippen LogP contribution is -2.22. The minimum atomic E-state index is -3.31. The van der Waals surface area contributed by atoms with Gasteiger partial charge in [0.15, 0.2) is 9.84 Å². The Hall–Kier alpha value is -1.61. The minimum Gasteiger partial charge on any atom is -0.376 e. The van der Waals surface area contributed by atoms with Crippen molar-refractivity contribution in [3.8, 4) is 0 Å². The van der Waals surface area contributed by atoms with Gasteiger partial charge in [-0.05, 0) is 84.0 Å². The summed E-state index contributed by atoms with van der Waals surface area (Å²) in [5.74, 6) is -0.196. The second-order valence-electron chi connectivity index (χ2n) is 5.62. The molecule has 0 fully saturated rings. The van der Waals surface area contributed by atoms with E-state index in [9.17, 15) is 13.2 Å². The molecule has 1 amide bonds. The summed E-state index contributed by atoms with van der Waals surface area (Å²) in [7, 11) is -3.31. The number of hydrogen-bond acceptors (Lipinski definition) is 4. The van der Waals surface area contributed by atoms with Gasteiger partial charge in [0.2, 0.25) is 5.91 Å². The molecule has 24 heavy (non-hydrogen) atoms. The number of carbonyl (C=O) groups is 1. The van der Waals surface area contributed by atoms with Gasteiger partial charge < -0.3 is 10.6 Å². The maximum atomic E-state index is 12.1. The summed E-state index contributed by atoms with van der Waals surface area (Å²) in [5, 5.41) is 5.81. The van der Waals surface area contributed by atoms with Gasteiger partial charge in [0.25, 0.3) is 0 Å². The van der Waals surface area contributed by atoms with Gasteiger partial charge in [0, 0.05) is 21.2 Å². The molecule has 2 aromatic rings. The Labute approximate surface area is 155 Å². The Bertz CT molecular complexity index is 862. The summed E-state index contributed by atoms with van der Waals surface area (Å²) in [6.45, 7) is 3.61. The third-order valence-corrected chi connectivity index (χ3v) is 5.41. The quantitative estimate of drug-likeness (QED) is 0.674. The van der Waals surface area contributed by atoms with Gasteiger partial charge in [-0.15, -0.1) is 0 Å². The third-order valence-electron chi connectivity index (χ3n) is 3.47. The molecule has 0 spiro atoms. The van der Waals surface area contributed by atoms with Crippen molar-refractivity contribution < 1.29 is 13.2 Å². The molecule has 0 aliphatic carbocycles. The molecule has 2 rings (SSSR count). The van der Waals surface area contributed by atoms with E-state index in [1.54, 1.807) is 13.0 Å². The van der Waals surface area contributed by atoms with Crippen LogP contribution in [0.25, 0.3) is 0 Å². The molecule has 0 heterocycles. The zero-order chi connectivity index (χ0) is 17.9. The van der Waals surface area contributed by atoms with E-state index in [-0.39, 0.29) is 17.3 Å². The van der Waals surface area contributed by atoms with Gasteiger partial charge in [-0.1, -0.05) is 0 Å². The van der Waals surface area contributed by atoms with E-state index in [0.29, 0.717) is 11.3 Å². The summed E-state index contributed by atoms with van der Waals surface area (Å²) >= 11 is 2.20. The SMILES string of the molecule is Cc1cc(NCC(=O)Nc2ccc(I)cc2)c(C)c(S(C)(=O)=O)c1. The van der Waals surface area contributed by atoms with Crippen LogP contribution < -0.4 is 10.6 Å². The van der Waals surface area contributed by atoms with E-state index >= 15 is 0 Å². The molecule has 128 valence electrons. The second kappa shape index (κ2) is 7.52. The number of aryl methyl sites for hydroxylation is 1. The van der Waals surface area contributed by atoms with Crippen molar-refractivity contribution in [3.63, 3.8) is 0 Å². The van der Waals surface area contributed by atoms with Crippen LogP contribution in [-0.2, 0) is 14.6 Å². The normalized spacial score (nSPS) is 11.2. The number of nitrogens with one attached hydrogen (secondary N) is 2. The van der Waals surface area contributed by atoms with E-state index in [0.717, 1.165) is 14.8 Å². The van der Waals surface area contributed by atoms with Crippen LogP contribution in [0, 0.1) is 17.4 Å². The molecular weight excluding hydrogens is 439 g/mol. The van der Waals surface area contributed by atoms with Gasteiger partial charge in [-0.3, -0.25) is 4.79 Å². The molecule has 0 saturated carbocycles. The highest BCUT2D eigenvalue weighted by atomic mass is 127. The van der Waals surface area contributed by atoms with Crippen molar-refractivity contribution in [2.45, 2.75) is 18.7 Å². The maximum Gasteiger partial charge on any atom is 0.243 e. The first-order valence-corrected chi connectivity index (χ1v) is 10.2. The van der Waals surface area contributed by atoms with Gasteiger partial charge in [0.1, 0.15) is 0 Å². The average molecular weight is 458 g/mol. The first-order chi connectivity index (χ1) is 11.2. The van der Waals surface area contributed by atoms with Crippen molar-refractivity contribution in [1.29, 1.82) is 0 Å². The molecule has 0 aromatic heterocycles. The third kappa shape index (κ3) is 4.94. The molecular formula is C17H19IN2O3S.